The second-order valence-corrected chi connectivity index (χ2v) is 7.17. The van der Waals surface area contributed by atoms with Gasteiger partial charge >= 0.3 is 0 Å². The molecule has 1 N–H and O–H groups in total. The molecule has 6 heteroatoms. The van der Waals surface area contributed by atoms with E-state index in [0.717, 1.165) is 26.1 Å². The SMILES string of the molecule is COc1cc(C(=O)NC2CCN(Cc3ccccc3)C2)cc(OC)c1Br. The molecule has 1 saturated heterocycles. The Bertz CT molecular complexity index is 742. The molecule has 0 aliphatic carbocycles. The van der Waals surface area contributed by atoms with Gasteiger partial charge in [-0.1, -0.05) is 30.3 Å². The molecule has 0 radical (unpaired) electrons. The Morgan fingerprint density at radius 2 is 1.85 bits per heavy atom. The van der Waals surface area contributed by atoms with E-state index in [1.807, 2.05) is 6.07 Å². The molecule has 0 bridgehead atoms. The highest BCUT2D eigenvalue weighted by Crippen LogP contribution is 2.35. The Morgan fingerprint density at radius 3 is 2.46 bits per heavy atom. The first kappa shape index (κ1) is 18.7. The Kier molecular flexibility index (Phi) is 6.16. The maximum atomic E-state index is 12.7. The molecule has 1 amide bonds. The summed E-state index contributed by atoms with van der Waals surface area (Å²) in [5.41, 5.74) is 1.82. The van der Waals surface area contributed by atoms with Gasteiger partial charge in [0.05, 0.1) is 14.2 Å². The maximum absolute atomic E-state index is 12.7. The number of nitrogens with zero attached hydrogens (tertiary/aromatic N) is 1. The van der Waals surface area contributed by atoms with Crippen molar-refractivity contribution in [2.75, 3.05) is 27.3 Å². The van der Waals surface area contributed by atoms with E-state index in [2.05, 4.69) is 50.4 Å². The number of carbonyl (C=O) groups is 1. The lowest BCUT2D eigenvalue weighted by Crippen LogP contribution is -2.37. The summed E-state index contributed by atoms with van der Waals surface area (Å²) in [6.45, 7) is 2.74. The lowest BCUT2D eigenvalue weighted by atomic mass is 10.1. The van der Waals surface area contributed by atoms with Crippen molar-refractivity contribution in [3.8, 4) is 11.5 Å². The van der Waals surface area contributed by atoms with Gasteiger partial charge in [0.25, 0.3) is 5.91 Å². The van der Waals surface area contributed by atoms with Gasteiger partial charge in [-0.15, -0.1) is 0 Å². The smallest absolute Gasteiger partial charge is 0.251 e. The molecule has 3 rings (SSSR count). The van der Waals surface area contributed by atoms with Crippen LogP contribution in [0.15, 0.2) is 46.9 Å². The Morgan fingerprint density at radius 1 is 1.19 bits per heavy atom. The number of methoxy groups -OCH3 is 2. The molecular weight excluding hydrogens is 396 g/mol. The Balaban J connectivity index is 1.62. The first-order valence-electron chi connectivity index (χ1n) is 8.59. The number of carbonyl (C=O) groups excluding carboxylic acids is 1. The molecule has 1 unspecified atom stereocenters. The summed E-state index contributed by atoms with van der Waals surface area (Å²) in [5.74, 6) is 1.04. The Hall–Kier alpha value is -2.05. The van der Waals surface area contributed by atoms with Crippen molar-refractivity contribution in [2.45, 2.75) is 19.0 Å². The van der Waals surface area contributed by atoms with Crippen LogP contribution in [-0.4, -0.2) is 44.2 Å². The van der Waals surface area contributed by atoms with Crippen LogP contribution in [0.4, 0.5) is 0 Å². The predicted octanol–water partition coefficient (Wildman–Crippen LogP) is 3.47. The standard InChI is InChI=1S/C20H23BrN2O3/c1-25-17-10-15(11-18(26-2)19(17)21)20(24)22-16-8-9-23(13-16)12-14-6-4-3-5-7-14/h3-7,10-11,16H,8-9,12-13H2,1-2H3,(H,22,24). The van der Waals surface area contributed by atoms with Crippen LogP contribution < -0.4 is 14.8 Å². The molecule has 0 saturated carbocycles. The summed E-state index contributed by atoms with van der Waals surface area (Å²) in [7, 11) is 3.14. The number of halogens is 1. The molecular formula is C20H23BrN2O3. The van der Waals surface area contributed by atoms with Gasteiger partial charge in [0.15, 0.2) is 0 Å². The van der Waals surface area contributed by atoms with Crippen LogP contribution in [0.25, 0.3) is 0 Å². The van der Waals surface area contributed by atoms with Gasteiger partial charge in [0.2, 0.25) is 0 Å². The van der Waals surface area contributed by atoms with Gasteiger partial charge in [0, 0.05) is 31.2 Å². The van der Waals surface area contributed by atoms with Crippen molar-refractivity contribution < 1.29 is 14.3 Å². The van der Waals surface area contributed by atoms with Crippen LogP contribution in [0, 0.1) is 0 Å². The van der Waals surface area contributed by atoms with Crippen LogP contribution >= 0.6 is 15.9 Å². The molecule has 1 fully saturated rings. The number of ether oxygens (including phenoxy) is 2. The summed E-state index contributed by atoms with van der Waals surface area (Å²) in [5, 5.41) is 3.13. The molecule has 2 aromatic rings. The van der Waals surface area contributed by atoms with Crippen molar-refractivity contribution in [1.82, 2.24) is 10.2 Å². The lowest BCUT2D eigenvalue weighted by molar-refractivity contribution is 0.0937. The lowest BCUT2D eigenvalue weighted by Gasteiger charge is -2.17. The molecule has 0 spiro atoms. The highest BCUT2D eigenvalue weighted by Gasteiger charge is 2.25. The molecule has 26 heavy (non-hydrogen) atoms. The Labute approximate surface area is 162 Å². The highest BCUT2D eigenvalue weighted by atomic mass is 79.9. The van der Waals surface area contributed by atoms with Crippen molar-refractivity contribution >= 4 is 21.8 Å². The van der Waals surface area contributed by atoms with E-state index < -0.39 is 0 Å². The monoisotopic (exact) mass is 418 g/mol. The second kappa shape index (κ2) is 8.56. The zero-order valence-corrected chi connectivity index (χ0v) is 16.6. The molecule has 1 aliphatic heterocycles. The zero-order valence-electron chi connectivity index (χ0n) is 15.0. The molecule has 1 aliphatic rings. The minimum absolute atomic E-state index is 0.110. The van der Waals surface area contributed by atoms with Crippen molar-refractivity contribution in [1.29, 1.82) is 0 Å². The first-order valence-corrected chi connectivity index (χ1v) is 9.38. The normalized spacial score (nSPS) is 17.1. The van der Waals surface area contributed by atoms with Crippen LogP contribution in [0.1, 0.15) is 22.3 Å². The van der Waals surface area contributed by atoms with Gasteiger partial charge in [0.1, 0.15) is 16.0 Å². The number of amides is 1. The fraction of sp³-hybridized carbons (Fsp3) is 0.350. The molecule has 2 aromatic carbocycles. The average molecular weight is 419 g/mol. The van der Waals surface area contributed by atoms with Gasteiger partial charge in [-0.05, 0) is 40.0 Å². The topological polar surface area (TPSA) is 50.8 Å². The van der Waals surface area contributed by atoms with Gasteiger partial charge in [-0.2, -0.15) is 0 Å². The zero-order chi connectivity index (χ0) is 18.5. The largest absolute Gasteiger partial charge is 0.495 e. The molecule has 138 valence electrons. The van der Waals surface area contributed by atoms with Gasteiger partial charge in [-0.3, -0.25) is 9.69 Å². The highest BCUT2D eigenvalue weighted by molar-refractivity contribution is 9.10. The van der Waals surface area contributed by atoms with Crippen molar-refractivity contribution in [2.24, 2.45) is 0 Å². The summed E-state index contributed by atoms with van der Waals surface area (Å²) in [4.78, 5) is 15.0. The number of hydrogen-bond donors (Lipinski definition) is 1. The molecule has 0 aromatic heterocycles. The number of likely N-dealkylation sites (tertiary alicyclic amines) is 1. The van der Waals surface area contributed by atoms with E-state index in [4.69, 9.17) is 9.47 Å². The van der Waals surface area contributed by atoms with E-state index in [9.17, 15) is 4.79 Å². The van der Waals surface area contributed by atoms with Crippen molar-refractivity contribution in [3.05, 3.63) is 58.1 Å². The van der Waals surface area contributed by atoms with Crippen LogP contribution in [0.5, 0.6) is 11.5 Å². The summed E-state index contributed by atoms with van der Waals surface area (Å²) >= 11 is 3.42. The van der Waals surface area contributed by atoms with E-state index in [0.29, 0.717) is 21.5 Å². The average Bonchev–Trinajstić information content (AvgIpc) is 3.09. The maximum Gasteiger partial charge on any atom is 0.251 e. The van der Waals surface area contributed by atoms with Gasteiger partial charge < -0.3 is 14.8 Å². The van der Waals surface area contributed by atoms with Gasteiger partial charge in [-0.25, -0.2) is 0 Å². The third-order valence-electron chi connectivity index (χ3n) is 4.56. The van der Waals surface area contributed by atoms with E-state index >= 15 is 0 Å². The van der Waals surface area contributed by atoms with Crippen LogP contribution in [0.2, 0.25) is 0 Å². The minimum Gasteiger partial charge on any atom is -0.495 e. The van der Waals surface area contributed by atoms with E-state index in [1.54, 1.807) is 26.4 Å². The molecule has 5 nitrogen and oxygen atoms in total. The molecule has 1 atom stereocenters. The predicted molar refractivity (Wildman–Crippen MR) is 105 cm³/mol. The fourth-order valence-electron chi connectivity index (χ4n) is 3.20. The summed E-state index contributed by atoms with van der Waals surface area (Å²) < 4.78 is 11.3. The number of hydrogen-bond acceptors (Lipinski definition) is 4. The quantitative estimate of drug-likeness (QED) is 0.779. The van der Waals surface area contributed by atoms with Crippen LogP contribution in [0.3, 0.4) is 0 Å². The summed E-state index contributed by atoms with van der Waals surface area (Å²) in [6.07, 6.45) is 0.948. The van der Waals surface area contributed by atoms with Crippen LogP contribution in [-0.2, 0) is 6.54 Å². The number of rotatable bonds is 6. The third kappa shape index (κ3) is 4.37. The van der Waals surface area contributed by atoms with E-state index in [1.165, 1.54) is 5.56 Å². The molecule has 1 heterocycles. The number of nitrogens with one attached hydrogen (secondary N) is 1. The van der Waals surface area contributed by atoms with Crippen molar-refractivity contribution in [3.63, 3.8) is 0 Å². The minimum atomic E-state index is -0.110. The fourth-order valence-corrected chi connectivity index (χ4v) is 3.76. The summed E-state index contributed by atoms with van der Waals surface area (Å²) in [6, 6.07) is 14.0. The third-order valence-corrected chi connectivity index (χ3v) is 5.35. The first-order chi connectivity index (χ1) is 12.6. The second-order valence-electron chi connectivity index (χ2n) is 6.37. The van der Waals surface area contributed by atoms with E-state index in [-0.39, 0.29) is 11.9 Å². The number of benzene rings is 2.